The van der Waals surface area contributed by atoms with Gasteiger partial charge in [-0.1, -0.05) is 18.2 Å². The molecule has 22 heavy (non-hydrogen) atoms. The normalized spacial score (nSPS) is 20.9. The number of carbonyl (C=O) groups excluding carboxylic acids is 1. The Morgan fingerprint density at radius 3 is 2.73 bits per heavy atom. The fraction of sp³-hybridized carbons (Fsp3) is 0.412. The van der Waals surface area contributed by atoms with Crippen molar-refractivity contribution < 1.29 is 9.53 Å². The maximum atomic E-state index is 12.9. The van der Waals surface area contributed by atoms with Crippen LogP contribution in [0.1, 0.15) is 31.3 Å². The molecule has 1 aliphatic rings. The molecule has 2 heterocycles. The topological polar surface area (TPSA) is 47.4 Å². The summed E-state index contributed by atoms with van der Waals surface area (Å²) < 4.78 is 7.70. The predicted molar refractivity (Wildman–Crippen MR) is 84.1 cm³/mol. The first-order valence-electron chi connectivity index (χ1n) is 7.51. The summed E-state index contributed by atoms with van der Waals surface area (Å²) in [6, 6.07) is 9.77. The Bertz CT molecular complexity index is 664. The molecule has 0 saturated carbocycles. The minimum absolute atomic E-state index is 0.00965. The van der Waals surface area contributed by atoms with Gasteiger partial charge in [-0.25, -0.2) is 4.98 Å². The van der Waals surface area contributed by atoms with Gasteiger partial charge < -0.3 is 9.64 Å². The van der Waals surface area contributed by atoms with Gasteiger partial charge in [-0.2, -0.15) is 0 Å². The van der Waals surface area contributed by atoms with Crippen LogP contribution in [0.5, 0.6) is 0 Å². The summed E-state index contributed by atoms with van der Waals surface area (Å²) in [6.45, 7) is 7.20. The summed E-state index contributed by atoms with van der Waals surface area (Å²) in [5.74, 6) is -0.00965. The fourth-order valence-corrected chi connectivity index (χ4v) is 3.02. The second-order valence-corrected chi connectivity index (χ2v) is 6.36. The maximum absolute atomic E-state index is 12.9. The minimum atomic E-state index is -0.328. The molecule has 1 unspecified atom stereocenters. The molecule has 5 nitrogen and oxygen atoms in total. The van der Waals surface area contributed by atoms with Crippen LogP contribution in [0.25, 0.3) is 5.69 Å². The van der Waals surface area contributed by atoms with E-state index in [1.54, 1.807) is 12.5 Å². The van der Waals surface area contributed by atoms with Gasteiger partial charge in [0.2, 0.25) is 0 Å². The minimum Gasteiger partial charge on any atom is -0.369 e. The summed E-state index contributed by atoms with van der Waals surface area (Å²) in [6.07, 6.45) is 3.33. The number of para-hydroxylation sites is 1. The van der Waals surface area contributed by atoms with Crippen molar-refractivity contribution in [2.45, 2.75) is 32.5 Å². The highest BCUT2D eigenvalue weighted by Gasteiger charge is 2.34. The van der Waals surface area contributed by atoms with Crippen LogP contribution in [0, 0.1) is 0 Å². The van der Waals surface area contributed by atoms with E-state index in [1.807, 2.05) is 60.6 Å². The predicted octanol–water partition coefficient (Wildman–Crippen LogP) is 2.51. The van der Waals surface area contributed by atoms with Gasteiger partial charge in [0.15, 0.2) is 0 Å². The Morgan fingerprint density at radius 2 is 2.05 bits per heavy atom. The largest absolute Gasteiger partial charge is 0.369 e. The first kappa shape index (κ1) is 14.8. The third-order valence-corrected chi connectivity index (χ3v) is 3.75. The van der Waals surface area contributed by atoms with Crippen LogP contribution in [0.3, 0.4) is 0 Å². The SMILES string of the molecule is CC1CN(C(=O)c2cncn2-c2ccccc2)CC(C)(C)O1. The molecule has 1 saturated heterocycles. The molecule has 1 aliphatic heterocycles. The molecule has 0 spiro atoms. The van der Waals surface area contributed by atoms with Gasteiger partial charge in [0.05, 0.1) is 24.2 Å². The first-order valence-corrected chi connectivity index (χ1v) is 7.51. The van der Waals surface area contributed by atoms with E-state index in [-0.39, 0.29) is 17.6 Å². The van der Waals surface area contributed by atoms with Crippen molar-refractivity contribution in [3.63, 3.8) is 0 Å². The molecular formula is C17H21N3O2. The van der Waals surface area contributed by atoms with Crippen molar-refractivity contribution >= 4 is 5.91 Å². The molecule has 3 rings (SSSR count). The lowest BCUT2D eigenvalue weighted by Crippen LogP contribution is -2.54. The molecule has 1 aromatic carbocycles. The highest BCUT2D eigenvalue weighted by atomic mass is 16.5. The molecule has 1 amide bonds. The van der Waals surface area contributed by atoms with E-state index in [4.69, 9.17) is 4.74 Å². The molecule has 1 fully saturated rings. The highest BCUT2D eigenvalue weighted by Crippen LogP contribution is 2.23. The zero-order valence-electron chi connectivity index (χ0n) is 13.2. The van der Waals surface area contributed by atoms with Crippen molar-refractivity contribution in [1.82, 2.24) is 14.5 Å². The Labute approximate surface area is 130 Å². The molecule has 1 atom stereocenters. The van der Waals surface area contributed by atoms with Crippen molar-refractivity contribution in [3.05, 3.63) is 48.5 Å². The van der Waals surface area contributed by atoms with E-state index in [0.717, 1.165) is 5.69 Å². The van der Waals surface area contributed by atoms with Gasteiger partial charge in [-0.05, 0) is 32.9 Å². The number of ether oxygens (including phenoxy) is 1. The second-order valence-electron chi connectivity index (χ2n) is 6.36. The fourth-order valence-electron chi connectivity index (χ4n) is 3.02. The molecule has 5 heteroatoms. The van der Waals surface area contributed by atoms with Crippen molar-refractivity contribution in [2.24, 2.45) is 0 Å². The van der Waals surface area contributed by atoms with E-state index in [2.05, 4.69) is 4.98 Å². The molecular weight excluding hydrogens is 278 g/mol. The molecule has 116 valence electrons. The van der Waals surface area contributed by atoms with Gasteiger partial charge in [-0.3, -0.25) is 9.36 Å². The van der Waals surface area contributed by atoms with Gasteiger partial charge in [-0.15, -0.1) is 0 Å². The van der Waals surface area contributed by atoms with Gasteiger partial charge in [0, 0.05) is 18.8 Å². The lowest BCUT2D eigenvalue weighted by Gasteiger charge is -2.41. The third kappa shape index (κ3) is 2.90. The van der Waals surface area contributed by atoms with Crippen LogP contribution >= 0.6 is 0 Å². The summed E-state index contributed by atoms with van der Waals surface area (Å²) in [5, 5.41) is 0. The smallest absolute Gasteiger partial charge is 0.272 e. The van der Waals surface area contributed by atoms with Crippen LogP contribution in [0.15, 0.2) is 42.9 Å². The number of amides is 1. The molecule has 0 aliphatic carbocycles. The summed E-state index contributed by atoms with van der Waals surface area (Å²) in [7, 11) is 0. The highest BCUT2D eigenvalue weighted by molar-refractivity contribution is 5.93. The molecule has 1 aromatic heterocycles. The monoisotopic (exact) mass is 299 g/mol. The molecule has 2 aromatic rings. The Balaban J connectivity index is 1.89. The summed E-state index contributed by atoms with van der Waals surface area (Å²) >= 11 is 0. The Kier molecular flexibility index (Phi) is 3.74. The number of hydrogen-bond donors (Lipinski definition) is 0. The number of carbonyl (C=O) groups is 1. The number of nitrogens with zero attached hydrogens (tertiary/aromatic N) is 3. The second kappa shape index (κ2) is 5.57. The number of morpholine rings is 1. The third-order valence-electron chi connectivity index (χ3n) is 3.75. The lowest BCUT2D eigenvalue weighted by molar-refractivity contribution is -0.119. The van der Waals surface area contributed by atoms with Crippen LogP contribution in [-0.4, -0.2) is 45.2 Å². The molecule has 0 bridgehead atoms. The van der Waals surface area contributed by atoms with Crippen molar-refractivity contribution in [3.8, 4) is 5.69 Å². The number of rotatable bonds is 2. The zero-order valence-corrected chi connectivity index (χ0v) is 13.2. The zero-order chi connectivity index (χ0) is 15.7. The molecule has 0 N–H and O–H groups in total. The van der Waals surface area contributed by atoms with E-state index >= 15 is 0 Å². The van der Waals surface area contributed by atoms with E-state index < -0.39 is 0 Å². The van der Waals surface area contributed by atoms with E-state index in [9.17, 15) is 4.79 Å². The number of aromatic nitrogens is 2. The molecule has 0 radical (unpaired) electrons. The number of benzene rings is 1. The summed E-state index contributed by atoms with van der Waals surface area (Å²) in [4.78, 5) is 18.9. The Morgan fingerprint density at radius 1 is 1.32 bits per heavy atom. The van der Waals surface area contributed by atoms with Crippen molar-refractivity contribution in [1.29, 1.82) is 0 Å². The van der Waals surface area contributed by atoms with Crippen LogP contribution < -0.4 is 0 Å². The first-order chi connectivity index (χ1) is 10.5. The maximum Gasteiger partial charge on any atom is 0.272 e. The Hall–Kier alpha value is -2.14. The van der Waals surface area contributed by atoms with Crippen LogP contribution in [-0.2, 0) is 4.74 Å². The average molecular weight is 299 g/mol. The average Bonchev–Trinajstić information content (AvgIpc) is 2.94. The quantitative estimate of drug-likeness (QED) is 0.856. The standard InChI is InChI=1S/C17H21N3O2/c1-13-10-19(11-17(2,3)22-13)16(21)15-9-18-12-20(15)14-7-5-4-6-8-14/h4-9,12-13H,10-11H2,1-3H3. The number of imidazole rings is 1. The van der Waals surface area contributed by atoms with Crippen LogP contribution in [0.4, 0.5) is 0 Å². The van der Waals surface area contributed by atoms with E-state index in [0.29, 0.717) is 18.8 Å². The van der Waals surface area contributed by atoms with Gasteiger partial charge >= 0.3 is 0 Å². The number of hydrogen-bond acceptors (Lipinski definition) is 3. The van der Waals surface area contributed by atoms with Crippen molar-refractivity contribution in [2.75, 3.05) is 13.1 Å². The summed E-state index contributed by atoms with van der Waals surface area (Å²) in [5.41, 5.74) is 1.19. The van der Waals surface area contributed by atoms with Crippen LogP contribution in [0.2, 0.25) is 0 Å². The van der Waals surface area contributed by atoms with Gasteiger partial charge in [0.25, 0.3) is 5.91 Å². The van der Waals surface area contributed by atoms with E-state index in [1.165, 1.54) is 0 Å². The lowest BCUT2D eigenvalue weighted by atomic mass is 10.1. The van der Waals surface area contributed by atoms with Gasteiger partial charge in [0.1, 0.15) is 5.69 Å².